The highest BCUT2D eigenvalue weighted by Crippen LogP contribution is 2.51. The Morgan fingerprint density at radius 1 is 1.16 bits per heavy atom. The molecule has 2 heterocycles. The monoisotopic (exact) mass is 337 g/mol. The van der Waals surface area contributed by atoms with Crippen molar-refractivity contribution in [3.05, 3.63) is 65.0 Å². The minimum absolute atomic E-state index is 0.0246. The minimum atomic E-state index is -0.373. The molecule has 0 unspecified atom stereocenters. The van der Waals surface area contributed by atoms with Crippen molar-refractivity contribution >= 4 is 0 Å². The Morgan fingerprint density at radius 2 is 1.92 bits per heavy atom. The van der Waals surface area contributed by atoms with E-state index >= 15 is 0 Å². The molecule has 1 aliphatic carbocycles. The van der Waals surface area contributed by atoms with Crippen LogP contribution in [-0.4, -0.2) is 41.2 Å². The standard InChI is InChI=1S/C21H27N3O/c1-15-6-5-7-16(23-15)14-24(2)19-17-8-3-4-9-18(17)21(20(19)25)10-12-22-13-11-21/h3-9,19-20,22,25H,10-14H2,1-2H3/t19-,20+/m1/s1. The van der Waals surface area contributed by atoms with Gasteiger partial charge in [-0.05, 0) is 63.2 Å². The summed E-state index contributed by atoms with van der Waals surface area (Å²) in [5.41, 5.74) is 4.61. The summed E-state index contributed by atoms with van der Waals surface area (Å²) in [6.45, 7) is 4.71. The Bertz CT molecular complexity index is 754. The average Bonchev–Trinajstić information content (AvgIpc) is 2.85. The number of aliphatic hydroxyl groups is 1. The molecule has 0 saturated carbocycles. The lowest BCUT2D eigenvalue weighted by atomic mass is 9.72. The first-order valence-corrected chi connectivity index (χ1v) is 9.23. The summed E-state index contributed by atoms with van der Waals surface area (Å²) >= 11 is 0. The van der Waals surface area contributed by atoms with E-state index in [1.807, 2.05) is 13.0 Å². The van der Waals surface area contributed by atoms with E-state index in [-0.39, 0.29) is 17.6 Å². The van der Waals surface area contributed by atoms with Crippen molar-refractivity contribution in [3.8, 4) is 0 Å². The summed E-state index contributed by atoms with van der Waals surface area (Å²) in [6.07, 6.45) is 1.62. The highest BCUT2D eigenvalue weighted by atomic mass is 16.3. The van der Waals surface area contributed by atoms with E-state index in [0.717, 1.165) is 43.9 Å². The summed E-state index contributed by atoms with van der Waals surface area (Å²) in [6, 6.07) is 14.8. The maximum atomic E-state index is 11.4. The van der Waals surface area contributed by atoms with Crippen LogP contribution in [-0.2, 0) is 12.0 Å². The fourth-order valence-corrected chi connectivity index (χ4v) is 4.80. The Balaban J connectivity index is 1.67. The molecule has 2 atom stereocenters. The third kappa shape index (κ3) is 2.78. The van der Waals surface area contributed by atoms with Gasteiger partial charge in [0.25, 0.3) is 0 Å². The molecule has 4 nitrogen and oxygen atoms in total. The number of fused-ring (bicyclic) bond motifs is 2. The molecule has 4 heteroatoms. The molecule has 2 aromatic rings. The number of aryl methyl sites for hydroxylation is 1. The molecule has 1 spiro atoms. The number of hydrogen-bond donors (Lipinski definition) is 2. The predicted molar refractivity (Wildman–Crippen MR) is 99.4 cm³/mol. The van der Waals surface area contributed by atoms with Crippen molar-refractivity contribution in [2.24, 2.45) is 0 Å². The van der Waals surface area contributed by atoms with E-state index < -0.39 is 0 Å². The molecule has 1 aromatic heterocycles. The van der Waals surface area contributed by atoms with Crippen LogP contribution in [0, 0.1) is 6.92 Å². The molecule has 0 amide bonds. The molecule has 2 N–H and O–H groups in total. The number of rotatable bonds is 3. The van der Waals surface area contributed by atoms with Gasteiger partial charge < -0.3 is 10.4 Å². The number of nitrogens with one attached hydrogen (secondary N) is 1. The first-order chi connectivity index (χ1) is 12.1. The van der Waals surface area contributed by atoms with Crippen molar-refractivity contribution < 1.29 is 5.11 Å². The van der Waals surface area contributed by atoms with E-state index in [9.17, 15) is 5.11 Å². The van der Waals surface area contributed by atoms with Crippen molar-refractivity contribution in [3.63, 3.8) is 0 Å². The smallest absolute Gasteiger partial charge is 0.0834 e. The largest absolute Gasteiger partial charge is 0.390 e. The van der Waals surface area contributed by atoms with E-state index in [1.54, 1.807) is 0 Å². The Hall–Kier alpha value is -1.75. The second-order valence-electron chi connectivity index (χ2n) is 7.57. The quantitative estimate of drug-likeness (QED) is 0.904. The van der Waals surface area contributed by atoms with Crippen LogP contribution in [0.2, 0.25) is 0 Å². The van der Waals surface area contributed by atoms with Crippen molar-refractivity contribution in [2.75, 3.05) is 20.1 Å². The van der Waals surface area contributed by atoms with Crippen LogP contribution in [0.3, 0.4) is 0 Å². The van der Waals surface area contributed by atoms with E-state index in [1.165, 1.54) is 11.1 Å². The molecule has 0 radical (unpaired) electrons. The van der Waals surface area contributed by atoms with Crippen LogP contribution < -0.4 is 5.32 Å². The summed E-state index contributed by atoms with van der Waals surface area (Å²) in [4.78, 5) is 6.90. The van der Waals surface area contributed by atoms with Gasteiger partial charge in [0.1, 0.15) is 0 Å². The maximum absolute atomic E-state index is 11.4. The second kappa shape index (κ2) is 6.52. The number of aliphatic hydroxyl groups excluding tert-OH is 1. The van der Waals surface area contributed by atoms with Crippen LogP contribution in [0.1, 0.15) is 41.4 Å². The maximum Gasteiger partial charge on any atom is 0.0834 e. The van der Waals surface area contributed by atoms with Gasteiger partial charge in [-0.25, -0.2) is 0 Å². The third-order valence-electron chi connectivity index (χ3n) is 6.01. The van der Waals surface area contributed by atoms with Gasteiger partial charge in [-0.15, -0.1) is 0 Å². The van der Waals surface area contributed by atoms with E-state index in [0.29, 0.717) is 0 Å². The number of benzene rings is 1. The molecule has 132 valence electrons. The van der Waals surface area contributed by atoms with Gasteiger partial charge in [-0.2, -0.15) is 0 Å². The topological polar surface area (TPSA) is 48.4 Å². The van der Waals surface area contributed by atoms with Crippen LogP contribution in [0.25, 0.3) is 0 Å². The van der Waals surface area contributed by atoms with Crippen LogP contribution in [0.4, 0.5) is 0 Å². The summed E-state index contributed by atoms with van der Waals surface area (Å²) in [7, 11) is 2.11. The molecule has 2 aliphatic rings. The molecule has 1 aliphatic heterocycles. The summed E-state index contributed by atoms with van der Waals surface area (Å²) < 4.78 is 0. The lowest BCUT2D eigenvalue weighted by molar-refractivity contribution is 0.00387. The van der Waals surface area contributed by atoms with Gasteiger partial charge in [0.05, 0.1) is 17.8 Å². The Labute approximate surface area is 149 Å². The number of aromatic nitrogens is 1. The number of hydrogen-bond acceptors (Lipinski definition) is 4. The fourth-order valence-electron chi connectivity index (χ4n) is 4.80. The van der Waals surface area contributed by atoms with Crippen LogP contribution >= 0.6 is 0 Å². The fraction of sp³-hybridized carbons (Fsp3) is 0.476. The molecule has 1 aromatic carbocycles. The lowest BCUT2D eigenvalue weighted by Crippen LogP contribution is -2.48. The molecule has 1 saturated heterocycles. The van der Waals surface area contributed by atoms with Crippen LogP contribution in [0.5, 0.6) is 0 Å². The molecule has 4 rings (SSSR count). The third-order valence-corrected chi connectivity index (χ3v) is 6.01. The van der Waals surface area contributed by atoms with Gasteiger partial charge in [-0.3, -0.25) is 9.88 Å². The number of likely N-dealkylation sites (N-methyl/N-ethyl adjacent to an activating group) is 1. The Morgan fingerprint density at radius 3 is 2.68 bits per heavy atom. The van der Waals surface area contributed by atoms with Gasteiger partial charge in [-0.1, -0.05) is 30.3 Å². The SMILES string of the molecule is Cc1cccc(CN(C)[C@@H]2c3ccccc3C3(CCNCC3)[C@H]2O)n1. The normalized spacial score (nSPS) is 24.6. The first kappa shape index (κ1) is 16.7. The van der Waals surface area contributed by atoms with Gasteiger partial charge >= 0.3 is 0 Å². The minimum Gasteiger partial charge on any atom is -0.390 e. The van der Waals surface area contributed by atoms with Crippen molar-refractivity contribution in [2.45, 2.75) is 43.9 Å². The molecule has 0 bridgehead atoms. The zero-order valence-corrected chi connectivity index (χ0v) is 15.1. The second-order valence-corrected chi connectivity index (χ2v) is 7.57. The van der Waals surface area contributed by atoms with Crippen LogP contribution in [0.15, 0.2) is 42.5 Å². The van der Waals surface area contributed by atoms with Gasteiger partial charge in [0.2, 0.25) is 0 Å². The highest BCUT2D eigenvalue weighted by Gasteiger charge is 2.52. The average molecular weight is 337 g/mol. The number of pyridine rings is 1. The summed E-state index contributed by atoms with van der Waals surface area (Å²) in [5, 5.41) is 14.8. The van der Waals surface area contributed by atoms with E-state index in [4.69, 9.17) is 0 Å². The van der Waals surface area contributed by atoms with E-state index in [2.05, 4.69) is 58.6 Å². The number of nitrogens with zero attached hydrogens (tertiary/aromatic N) is 2. The van der Waals surface area contributed by atoms with Crippen molar-refractivity contribution in [1.29, 1.82) is 0 Å². The van der Waals surface area contributed by atoms with Gasteiger partial charge in [0.15, 0.2) is 0 Å². The molecular weight excluding hydrogens is 310 g/mol. The highest BCUT2D eigenvalue weighted by molar-refractivity contribution is 5.45. The first-order valence-electron chi connectivity index (χ1n) is 9.23. The molecular formula is C21H27N3O. The number of piperidine rings is 1. The predicted octanol–water partition coefficient (Wildman–Crippen LogP) is 2.56. The molecule has 25 heavy (non-hydrogen) atoms. The van der Waals surface area contributed by atoms with Crippen molar-refractivity contribution in [1.82, 2.24) is 15.2 Å². The molecule has 1 fully saturated rings. The zero-order valence-electron chi connectivity index (χ0n) is 15.1. The lowest BCUT2D eigenvalue weighted by Gasteiger charge is -2.40. The Kier molecular flexibility index (Phi) is 4.36. The zero-order chi connectivity index (χ0) is 17.4. The van der Waals surface area contributed by atoms with Gasteiger partial charge in [0, 0.05) is 17.7 Å². The summed E-state index contributed by atoms with van der Waals surface area (Å²) in [5.74, 6) is 0.